The maximum atomic E-state index is 12.3. The number of anilines is 3. The number of halogens is 1. The molecule has 0 saturated carbocycles. The number of nitrogens with one attached hydrogen (secondary N) is 1. The van der Waals surface area contributed by atoms with Gasteiger partial charge in [-0.25, -0.2) is 9.97 Å². The molecule has 4 aromatic rings. The monoisotopic (exact) mass is 545 g/mol. The number of hydrogen-bond donors (Lipinski definition) is 2. The van der Waals surface area contributed by atoms with Gasteiger partial charge in [-0.1, -0.05) is 30.2 Å². The first-order chi connectivity index (χ1) is 18.7. The minimum Gasteiger partial charge on any atom is -0.468 e. The van der Waals surface area contributed by atoms with Crippen LogP contribution >= 0.6 is 11.6 Å². The summed E-state index contributed by atoms with van der Waals surface area (Å²) in [6.45, 7) is 4.17. The van der Waals surface area contributed by atoms with E-state index in [1.807, 2.05) is 31.4 Å². The van der Waals surface area contributed by atoms with E-state index in [-0.39, 0.29) is 12.5 Å². The Labute approximate surface area is 233 Å². The third-order valence-corrected chi connectivity index (χ3v) is 6.41. The van der Waals surface area contributed by atoms with Crippen molar-refractivity contribution in [3.8, 4) is 11.3 Å². The molecule has 0 spiro atoms. The number of allylic oxidation sites excluding steroid dienone is 3. The molecule has 0 aliphatic heterocycles. The Hall–Kier alpha value is -4.37. The highest BCUT2D eigenvalue weighted by molar-refractivity contribution is 6.30. The molecule has 4 rings (SSSR count). The average Bonchev–Trinajstić information content (AvgIpc) is 3.34. The third kappa shape index (κ3) is 6.56. The summed E-state index contributed by atoms with van der Waals surface area (Å²) >= 11 is 6.09. The number of H-pyrrole nitrogens is 1. The van der Waals surface area contributed by atoms with E-state index in [2.05, 4.69) is 52.1 Å². The predicted octanol–water partition coefficient (Wildman–Crippen LogP) is 5.83. The van der Waals surface area contributed by atoms with Gasteiger partial charge in [0.15, 0.2) is 0 Å². The number of carbonyl (C=O) groups is 1. The van der Waals surface area contributed by atoms with Crippen LogP contribution in [-0.2, 0) is 9.53 Å². The lowest BCUT2D eigenvalue weighted by Gasteiger charge is -2.23. The molecule has 0 amide bonds. The second-order valence-corrected chi connectivity index (χ2v) is 9.76. The van der Waals surface area contributed by atoms with Crippen LogP contribution in [0.3, 0.4) is 0 Å². The van der Waals surface area contributed by atoms with Gasteiger partial charge in [0.1, 0.15) is 18.0 Å². The second kappa shape index (κ2) is 12.0. The van der Waals surface area contributed by atoms with Gasteiger partial charge in [0, 0.05) is 66.0 Å². The fourth-order valence-electron chi connectivity index (χ4n) is 4.06. The van der Waals surface area contributed by atoms with Crippen LogP contribution in [0.5, 0.6) is 0 Å². The molecule has 0 unspecified atom stereocenters. The van der Waals surface area contributed by atoms with E-state index in [0.717, 1.165) is 34.2 Å². The van der Waals surface area contributed by atoms with Crippen molar-refractivity contribution in [2.75, 3.05) is 38.4 Å². The van der Waals surface area contributed by atoms with Crippen LogP contribution in [0.4, 0.5) is 17.5 Å². The van der Waals surface area contributed by atoms with Crippen molar-refractivity contribution < 1.29 is 9.53 Å². The molecule has 0 bridgehead atoms. The summed E-state index contributed by atoms with van der Waals surface area (Å²) in [4.78, 5) is 32.9. The summed E-state index contributed by atoms with van der Waals surface area (Å²) in [5.74, 6) is 0.0816. The molecule has 0 atom stereocenters. The first-order valence-corrected chi connectivity index (χ1v) is 12.8. The number of nitrogen functional groups attached to an aromatic ring is 1. The topological polar surface area (TPSA) is 113 Å². The van der Waals surface area contributed by atoms with E-state index < -0.39 is 5.97 Å². The van der Waals surface area contributed by atoms with E-state index in [9.17, 15) is 4.79 Å². The van der Waals surface area contributed by atoms with E-state index in [4.69, 9.17) is 22.1 Å². The van der Waals surface area contributed by atoms with E-state index in [1.54, 1.807) is 35.2 Å². The number of ether oxygens (including phenoxy) is 1. The Balaban J connectivity index is 1.84. The predicted molar refractivity (Wildman–Crippen MR) is 158 cm³/mol. The minimum atomic E-state index is -0.430. The fraction of sp³-hybridized carbons (Fsp3) is 0.241. The van der Waals surface area contributed by atoms with Crippen molar-refractivity contribution in [3.63, 3.8) is 0 Å². The lowest BCUT2D eigenvalue weighted by molar-refractivity contribution is -0.138. The molecule has 1 aromatic carbocycles. The molecule has 0 aliphatic rings. The first kappa shape index (κ1) is 27.7. The van der Waals surface area contributed by atoms with E-state index in [0.29, 0.717) is 22.2 Å². The van der Waals surface area contributed by atoms with Gasteiger partial charge in [-0.05, 0) is 49.2 Å². The van der Waals surface area contributed by atoms with Crippen molar-refractivity contribution in [3.05, 3.63) is 77.2 Å². The average molecular weight is 546 g/mol. The number of rotatable bonds is 9. The normalized spacial score (nSPS) is 12.1. The van der Waals surface area contributed by atoms with E-state index in [1.165, 1.54) is 12.7 Å². The molecule has 3 heterocycles. The molecule has 202 valence electrons. The molecule has 0 radical (unpaired) electrons. The highest BCUT2D eigenvalue weighted by Crippen LogP contribution is 2.33. The number of aromatic amines is 1. The number of nitrogens with zero attached hydrogens (tertiary/aromatic N) is 5. The number of benzene rings is 1. The van der Waals surface area contributed by atoms with Crippen molar-refractivity contribution in [1.29, 1.82) is 0 Å². The number of fused-ring (bicyclic) bond motifs is 1. The van der Waals surface area contributed by atoms with Crippen molar-refractivity contribution >= 4 is 51.6 Å². The lowest BCUT2D eigenvalue weighted by atomic mass is 10.0. The van der Waals surface area contributed by atoms with Gasteiger partial charge in [0.25, 0.3) is 0 Å². The second-order valence-electron chi connectivity index (χ2n) is 9.32. The zero-order valence-electron chi connectivity index (χ0n) is 22.7. The van der Waals surface area contributed by atoms with E-state index >= 15 is 0 Å². The van der Waals surface area contributed by atoms with Gasteiger partial charge >= 0.3 is 5.97 Å². The Bertz CT molecular complexity index is 1540. The maximum absolute atomic E-state index is 12.3. The van der Waals surface area contributed by atoms with Crippen LogP contribution in [0.25, 0.3) is 27.9 Å². The van der Waals surface area contributed by atoms with Gasteiger partial charge < -0.3 is 25.3 Å². The molecule has 0 fully saturated rings. The Morgan fingerprint density at radius 3 is 2.59 bits per heavy atom. The molecule has 3 N–H and O–H groups in total. The maximum Gasteiger partial charge on any atom is 0.325 e. The number of pyridine rings is 1. The van der Waals surface area contributed by atoms with Crippen molar-refractivity contribution in [2.24, 2.45) is 0 Å². The van der Waals surface area contributed by atoms with Gasteiger partial charge in [-0.3, -0.25) is 4.79 Å². The minimum absolute atomic E-state index is 0.0690. The van der Waals surface area contributed by atoms with Gasteiger partial charge in [0.2, 0.25) is 5.95 Å². The summed E-state index contributed by atoms with van der Waals surface area (Å²) in [6.07, 6.45) is 8.91. The quantitative estimate of drug-likeness (QED) is 0.200. The van der Waals surface area contributed by atoms with Crippen LogP contribution in [0.2, 0.25) is 5.02 Å². The number of aromatic nitrogens is 4. The van der Waals surface area contributed by atoms with Gasteiger partial charge in [0.05, 0.1) is 12.8 Å². The van der Waals surface area contributed by atoms with Crippen LogP contribution in [-0.4, -0.2) is 58.6 Å². The Kier molecular flexibility index (Phi) is 8.51. The van der Waals surface area contributed by atoms with Crippen LogP contribution in [0.1, 0.15) is 25.8 Å². The Morgan fingerprint density at radius 1 is 1.18 bits per heavy atom. The standard InChI is InChI=1S/C29H32ClN7O2/c1-6-18(2)11-20(16-36(3)4)19-12-23-24(15-33-28(23)32-14-19)25-13-26(35-29(31)34-25)37(17-27(38)39-5)22-9-7-21(30)8-10-22/h7-16H,6,17H2,1-5H3,(H,32,33)(H2,31,34,35)/b18-11+,20-16+. The highest BCUT2D eigenvalue weighted by atomic mass is 35.5. The number of carbonyl (C=O) groups excluding carboxylic acids is 1. The smallest absolute Gasteiger partial charge is 0.325 e. The molecular formula is C29H32ClN7O2. The molecule has 10 heteroatoms. The Morgan fingerprint density at radius 2 is 1.92 bits per heavy atom. The highest BCUT2D eigenvalue weighted by Gasteiger charge is 2.19. The third-order valence-electron chi connectivity index (χ3n) is 6.16. The van der Waals surface area contributed by atoms with Gasteiger partial charge in [-0.2, -0.15) is 4.98 Å². The first-order valence-electron chi connectivity index (χ1n) is 12.5. The molecular weight excluding hydrogens is 514 g/mol. The summed E-state index contributed by atoms with van der Waals surface area (Å²) in [7, 11) is 5.33. The molecule has 0 saturated heterocycles. The number of hydrogen-bond acceptors (Lipinski definition) is 8. The van der Waals surface area contributed by atoms with Crippen molar-refractivity contribution in [1.82, 2.24) is 24.8 Å². The summed E-state index contributed by atoms with van der Waals surface area (Å²) in [5, 5.41) is 1.46. The zero-order chi connectivity index (χ0) is 28.1. The van der Waals surface area contributed by atoms with Crippen LogP contribution in [0.15, 0.2) is 66.6 Å². The summed E-state index contributed by atoms with van der Waals surface area (Å²) in [5.41, 5.74) is 12.3. The van der Waals surface area contributed by atoms with Gasteiger partial charge in [-0.15, -0.1) is 0 Å². The zero-order valence-corrected chi connectivity index (χ0v) is 23.5. The summed E-state index contributed by atoms with van der Waals surface area (Å²) < 4.78 is 4.93. The van der Waals surface area contributed by atoms with Crippen LogP contribution < -0.4 is 10.6 Å². The molecule has 9 nitrogen and oxygen atoms in total. The SMILES string of the molecule is CC/C(C)=C/C(=C\N(C)C)c1cnc2[nH]cc(-c3cc(N(CC(=O)OC)c4ccc(Cl)cc4)nc(N)n3)c2c1. The molecule has 0 aliphatic carbocycles. The molecule has 39 heavy (non-hydrogen) atoms. The molecule has 3 aromatic heterocycles. The number of nitrogens with two attached hydrogens (primary N) is 1. The lowest BCUT2D eigenvalue weighted by Crippen LogP contribution is -2.27. The van der Waals surface area contributed by atoms with Crippen LogP contribution in [0, 0.1) is 0 Å². The summed E-state index contributed by atoms with van der Waals surface area (Å²) in [6, 6.07) is 11.0. The van der Waals surface area contributed by atoms with Crippen molar-refractivity contribution in [2.45, 2.75) is 20.3 Å². The number of esters is 1. The fourth-order valence-corrected chi connectivity index (χ4v) is 4.19. The number of methoxy groups -OCH3 is 1. The largest absolute Gasteiger partial charge is 0.468 e.